The Hall–Kier alpha value is -0.480. The molecule has 0 bridgehead atoms. The summed E-state index contributed by atoms with van der Waals surface area (Å²) in [4.78, 5) is 0.600. The molecule has 0 spiro atoms. The lowest BCUT2D eigenvalue weighted by atomic mass is 10.3. The van der Waals surface area contributed by atoms with Gasteiger partial charge in [-0.05, 0) is 29.6 Å². The number of benzene rings is 1. The highest BCUT2D eigenvalue weighted by molar-refractivity contribution is 8.56. The number of phenolic OH excluding ortho intramolecular Hbond substituents is 1. The molecule has 0 aromatic heterocycles. The third-order valence-electron chi connectivity index (χ3n) is 1.07. The Balaban J connectivity index is 2.84. The molecular weight excluding hydrogens is 195 g/mol. The van der Waals surface area contributed by atoms with Crippen molar-refractivity contribution < 1.29 is 9.67 Å². The molecule has 0 aliphatic heterocycles. The zero-order chi connectivity index (χ0) is 9.19. The zero-order valence-electron chi connectivity index (χ0n) is 6.18. The quantitative estimate of drug-likeness (QED) is 0.635. The van der Waals surface area contributed by atoms with Crippen LogP contribution in [0.1, 0.15) is 0 Å². The van der Waals surface area contributed by atoms with Gasteiger partial charge in [-0.25, -0.2) is 0 Å². The van der Waals surface area contributed by atoms with E-state index in [2.05, 4.69) is 0 Å². The molecule has 0 radical (unpaired) electrons. The van der Waals surface area contributed by atoms with E-state index < -0.39 is 6.65 Å². The molecule has 4 nitrogen and oxygen atoms in total. The van der Waals surface area contributed by atoms with Crippen LogP contribution in [-0.4, -0.2) is 5.11 Å². The molecular formula is C6H9N2O2PS. The van der Waals surface area contributed by atoms with Crippen molar-refractivity contribution in [1.29, 1.82) is 0 Å². The topological polar surface area (TPSA) is 89.3 Å². The van der Waals surface area contributed by atoms with Gasteiger partial charge >= 0.3 is 0 Å². The van der Waals surface area contributed by atoms with Crippen LogP contribution in [0, 0.1) is 0 Å². The highest BCUT2D eigenvalue weighted by Crippen LogP contribution is 2.48. The minimum absolute atomic E-state index is 0.105. The second-order valence-corrected chi connectivity index (χ2v) is 6.44. The van der Waals surface area contributed by atoms with Crippen molar-refractivity contribution in [3.63, 3.8) is 0 Å². The van der Waals surface area contributed by atoms with Crippen LogP contribution < -0.4 is 11.0 Å². The number of phenols is 1. The first-order valence-corrected chi connectivity index (χ1v) is 6.40. The van der Waals surface area contributed by atoms with Gasteiger partial charge in [0.15, 0.2) is 0 Å². The summed E-state index contributed by atoms with van der Waals surface area (Å²) in [6.07, 6.45) is 0. The van der Waals surface area contributed by atoms with Crippen LogP contribution in [0.2, 0.25) is 0 Å². The Morgan fingerprint density at radius 3 is 2.58 bits per heavy atom. The second kappa shape index (κ2) is 3.49. The van der Waals surface area contributed by atoms with Crippen LogP contribution >= 0.6 is 18.0 Å². The molecule has 1 aromatic carbocycles. The molecule has 0 aliphatic carbocycles. The number of hydrogen-bond donors (Lipinski definition) is 3. The first-order chi connectivity index (χ1) is 5.47. The average Bonchev–Trinajstić information content (AvgIpc) is 1.82. The molecule has 0 fully saturated rings. The Morgan fingerprint density at radius 2 is 2.08 bits per heavy atom. The van der Waals surface area contributed by atoms with Gasteiger partial charge in [0.25, 0.3) is 6.65 Å². The smallest absolute Gasteiger partial charge is 0.265 e. The Kier molecular flexibility index (Phi) is 2.80. The maximum absolute atomic E-state index is 10.9. The average molecular weight is 204 g/mol. The van der Waals surface area contributed by atoms with Gasteiger partial charge in [-0.1, -0.05) is 6.07 Å². The van der Waals surface area contributed by atoms with Crippen molar-refractivity contribution in [3.8, 4) is 5.75 Å². The third-order valence-corrected chi connectivity index (χ3v) is 3.30. The van der Waals surface area contributed by atoms with Crippen LogP contribution in [0.15, 0.2) is 29.2 Å². The van der Waals surface area contributed by atoms with Crippen LogP contribution in [0.4, 0.5) is 0 Å². The first kappa shape index (κ1) is 9.61. The van der Waals surface area contributed by atoms with E-state index in [9.17, 15) is 4.57 Å². The lowest BCUT2D eigenvalue weighted by Crippen LogP contribution is -1.99. The molecule has 0 saturated carbocycles. The molecule has 5 N–H and O–H groups in total. The van der Waals surface area contributed by atoms with Gasteiger partial charge in [-0.3, -0.25) is 15.6 Å². The summed E-state index contributed by atoms with van der Waals surface area (Å²) >= 11 is 0.866. The van der Waals surface area contributed by atoms with E-state index >= 15 is 0 Å². The highest BCUT2D eigenvalue weighted by atomic mass is 32.7. The van der Waals surface area contributed by atoms with Gasteiger partial charge < -0.3 is 5.11 Å². The Morgan fingerprint density at radius 1 is 1.42 bits per heavy atom. The van der Waals surface area contributed by atoms with Crippen molar-refractivity contribution in [2.45, 2.75) is 4.90 Å². The van der Waals surface area contributed by atoms with Crippen LogP contribution in [-0.2, 0) is 4.57 Å². The third kappa shape index (κ3) is 3.28. The van der Waals surface area contributed by atoms with Crippen molar-refractivity contribution in [2.24, 2.45) is 11.0 Å². The fraction of sp³-hybridized carbons (Fsp3) is 0. The van der Waals surface area contributed by atoms with Gasteiger partial charge in [0.1, 0.15) is 5.75 Å². The predicted octanol–water partition coefficient (Wildman–Crippen LogP) is 1.51. The SMILES string of the molecule is NP(N)(=O)Sc1cccc(O)c1. The van der Waals surface area contributed by atoms with Gasteiger partial charge in [0, 0.05) is 4.90 Å². The van der Waals surface area contributed by atoms with E-state index in [-0.39, 0.29) is 5.75 Å². The van der Waals surface area contributed by atoms with Crippen LogP contribution in [0.25, 0.3) is 0 Å². The minimum atomic E-state index is -3.10. The lowest BCUT2D eigenvalue weighted by Gasteiger charge is -2.04. The van der Waals surface area contributed by atoms with Gasteiger partial charge in [-0.15, -0.1) is 0 Å². The minimum Gasteiger partial charge on any atom is -0.508 e. The summed E-state index contributed by atoms with van der Waals surface area (Å²) in [7, 11) is 0. The summed E-state index contributed by atoms with van der Waals surface area (Å²) in [5.41, 5.74) is 10.3. The van der Waals surface area contributed by atoms with E-state index in [1.165, 1.54) is 12.1 Å². The van der Waals surface area contributed by atoms with Gasteiger partial charge in [0.05, 0.1) is 0 Å². The largest absolute Gasteiger partial charge is 0.508 e. The summed E-state index contributed by atoms with van der Waals surface area (Å²) in [5.74, 6) is 0.105. The molecule has 0 atom stereocenters. The molecule has 6 heteroatoms. The molecule has 0 saturated heterocycles. The van der Waals surface area contributed by atoms with Crippen molar-refractivity contribution in [3.05, 3.63) is 24.3 Å². The summed E-state index contributed by atoms with van der Waals surface area (Å²) < 4.78 is 10.9. The zero-order valence-corrected chi connectivity index (χ0v) is 7.89. The first-order valence-electron chi connectivity index (χ1n) is 3.13. The van der Waals surface area contributed by atoms with Gasteiger partial charge in [-0.2, -0.15) is 0 Å². The van der Waals surface area contributed by atoms with E-state index in [1.54, 1.807) is 12.1 Å². The molecule has 0 aliphatic rings. The van der Waals surface area contributed by atoms with Crippen LogP contribution in [0.5, 0.6) is 5.75 Å². The normalized spacial score (nSPS) is 11.5. The van der Waals surface area contributed by atoms with Crippen molar-refractivity contribution in [2.75, 3.05) is 0 Å². The van der Waals surface area contributed by atoms with Crippen LogP contribution in [0.3, 0.4) is 0 Å². The highest BCUT2D eigenvalue weighted by Gasteiger charge is 2.10. The molecule has 0 heterocycles. The maximum Gasteiger partial charge on any atom is 0.265 e. The molecule has 66 valence electrons. The fourth-order valence-corrected chi connectivity index (χ4v) is 2.68. The molecule has 12 heavy (non-hydrogen) atoms. The van der Waals surface area contributed by atoms with E-state index in [1.807, 2.05) is 0 Å². The standard InChI is InChI=1S/C6H9N2O2PS/c7-11(8,10)12-6-3-1-2-5(9)4-6/h1-4,9H,(H4,7,8,10). The number of nitrogens with two attached hydrogens (primary N) is 2. The summed E-state index contributed by atoms with van der Waals surface area (Å²) in [5, 5.41) is 9.03. The lowest BCUT2D eigenvalue weighted by molar-refractivity contribution is 0.474. The monoisotopic (exact) mass is 204 g/mol. The molecule has 0 amide bonds. The summed E-state index contributed by atoms with van der Waals surface area (Å²) in [6.45, 7) is -3.10. The number of aromatic hydroxyl groups is 1. The number of hydrogen-bond acceptors (Lipinski definition) is 3. The molecule has 0 unspecified atom stereocenters. The molecule has 1 aromatic rings. The fourth-order valence-electron chi connectivity index (χ4n) is 0.705. The van der Waals surface area contributed by atoms with Crippen molar-refractivity contribution in [1.82, 2.24) is 0 Å². The van der Waals surface area contributed by atoms with Gasteiger partial charge in [0.2, 0.25) is 0 Å². The summed E-state index contributed by atoms with van der Waals surface area (Å²) in [6, 6.07) is 6.28. The Labute approximate surface area is 74.2 Å². The Bertz CT molecular complexity index is 325. The predicted molar refractivity (Wildman–Crippen MR) is 49.9 cm³/mol. The molecule has 1 rings (SSSR count). The van der Waals surface area contributed by atoms with E-state index in [4.69, 9.17) is 16.1 Å². The van der Waals surface area contributed by atoms with E-state index in [0.717, 1.165) is 11.4 Å². The number of rotatable bonds is 2. The van der Waals surface area contributed by atoms with E-state index in [0.29, 0.717) is 4.90 Å². The maximum atomic E-state index is 10.9. The second-order valence-electron chi connectivity index (χ2n) is 2.23. The van der Waals surface area contributed by atoms with Crippen molar-refractivity contribution >= 4 is 18.0 Å².